The number of rotatable bonds is 4. The van der Waals surface area contributed by atoms with Gasteiger partial charge < -0.3 is 14.7 Å². The van der Waals surface area contributed by atoms with E-state index in [2.05, 4.69) is 0 Å². The lowest BCUT2D eigenvalue weighted by molar-refractivity contribution is -0.150. The molecule has 1 N–H and O–H groups in total. The van der Waals surface area contributed by atoms with Crippen LogP contribution in [-0.2, 0) is 9.59 Å². The van der Waals surface area contributed by atoms with Crippen molar-refractivity contribution in [1.82, 2.24) is 4.90 Å². The number of carboxylic acids is 1. The number of likely N-dealkylation sites (tertiary alicyclic amines) is 1. The van der Waals surface area contributed by atoms with E-state index in [0.717, 1.165) is 6.07 Å². The Hall–Kier alpha value is -1.82. The van der Waals surface area contributed by atoms with E-state index < -0.39 is 29.8 Å². The van der Waals surface area contributed by atoms with Crippen LogP contribution >= 0.6 is 11.6 Å². The predicted molar refractivity (Wildman–Crippen MR) is 73.9 cm³/mol. The van der Waals surface area contributed by atoms with E-state index in [-0.39, 0.29) is 10.8 Å². The second-order valence-electron chi connectivity index (χ2n) is 4.86. The largest absolute Gasteiger partial charge is 0.480 e. The Balaban J connectivity index is 2.07. The van der Waals surface area contributed by atoms with E-state index >= 15 is 0 Å². The number of carboxylic acid groups (broad SMARTS) is 1. The Morgan fingerprint density at radius 1 is 1.52 bits per heavy atom. The number of carbonyl (C=O) groups is 2. The monoisotopic (exact) mass is 315 g/mol. The standard InChI is InChI=1S/C14H15ClFNO4/c1-8(21-12-5-4-9(16)7-10(12)15)13(18)17-6-2-3-11(17)14(19)20/h4-5,7-8,11H,2-3,6H2,1H3,(H,19,20)/t8?,11-/m0/s1. The quantitative estimate of drug-likeness (QED) is 0.926. The second kappa shape index (κ2) is 6.30. The Bertz CT molecular complexity index is 566. The summed E-state index contributed by atoms with van der Waals surface area (Å²) in [5.41, 5.74) is 0. The van der Waals surface area contributed by atoms with Crippen molar-refractivity contribution in [1.29, 1.82) is 0 Å². The normalized spacial score (nSPS) is 19.4. The van der Waals surface area contributed by atoms with Crippen LogP contribution in [0.1, 0.15) is 19.8 Å². The van der Waals surface area contributed by atoms with Gasteiger partial charge in [-0.3, -0.25) is 4.79 Å². The molecule has 2 atom stereocenters. The molecule has 114 valence electrons. The Kier molecular flexibility index (Phi) is 4.67. The van der Waals surface area contributed by atoms with Crippen LogP contribution in [0.2, 0.25) is 5.02 Å². The highest BCUT2D eigenvalue weighted by molar-refractivity contribution is 6.32. The fourth-order valence-corrected chi connectivity index (χ4v) is 2.54. The third-order valence-corrected chi connectivity index (χ3v) is 3.66. The van der Waals surface area contributed by atoms with Gasteiger partial charge in [-0.1, -0.05) is 11.6 Å². The van der Waals surface area contributed by atoms with Crippen molar-refractivity contribution in [3.8, 4) is 5.75 Å². The summed E-state index contributed by atoms with van der Waals surface area (Å²) in [6.07, 6.45) is 0.186. The van der Waals surface area contributed by atoms with E-state index in [1.54, 1.807) is 0 Å². The van der Waals surface area contributed by atoms with Crippen molar-refractivity contribution in [2.75, 3.05) is 6.54 Å². The molecule has 1 aromatic rings. The summed E-state index contributed by atoms with van der Waals surface area (Å²) in [4.78, 5) is 24.7. The molecule has 1 heterocycles. The number of aliphatic carboxylic acids is 1. The van der Waals surface area contributed by atoms with Gasteiger partial charge in [-0.15, -0.1) is 0 Å². The van der Waals surface area contributed by atoms with Crippen LogP contribution in [0, 0.1) is 5.82 Å². The molecule has 7 heteroatoms. The number of ether oxygens (including phenoxy) is 1. The summed E-state index contributed by atoms with van der Waals surface area (Å²) >= 11 is 5.83. The molecule has 0 spiro atoms. The molecule has 0 bridgehead atoms. The van der Waals surface area contributed by atoms with Crippen LogP contribution in [0.15, 0.2) is 18.2 Å². The second-order valence-corrected chi connectivity index (χ2v) is 5.27. The summed E-state index contributed by atoms with van der Waals surface area (Å²) < 4.78 is 18.4. The Morgan fingerprint density at radius 3 is 2.86 bits per heavy atom. The molecule has 1 amide bonds. The first kappa shape index (κ1) is 15.6. The molecular formula is C14H15ClFNO4. The van der Waals surface area contributed by atoms with Crippen LogP contribution in [0.25, 0.3) is 0 Å². The van der Waals surface area contributed by atoms with Gasteiger partial charge in [-0.2, -0.15) is 0 Å². The van der Waals surface area contributed by atoms with Gasteiger partial charge in [0, 0.05) is 6.54 Å². The molecule has 0 radical (unpaired) electrons. The topological polar surface area (TPSA) is 66.8 Å². The summed E-state index contributed by atoms with van der Waals surface area (Å²) in [5.74, 6) is -1.75. The van der Waals surface area contributed by atoms with Gasteiger partial charge in [0.25, 0.3) is 5.91 Å². The number of amides is 1. The molecule has 1 aromatic carbocycles. The number of halogens is 2. The minimum Gasteiger partial charge on any atom is -0.480 e. The highest BCUT2D eigenvalue weighted by Crippen LogP contribution is 2.27. The van der Waals surface area contributed by atoms with Crippen molar-refractivity contribution in [2.24, 2.45) is 0 Å². The van der Waals surface area contributed by atoms with Gasteiger partial charge in [0.1, 0.15) is 17.6 Å². The number of hydrogen-bond acceptors (Lipinski definition) is 3. The van der Waals surface area contributed by atoms with Crippen LogP contribution in [-0.4, -0.2) is 40.6 Å². The van der Waals surface area contributed by atoms with Crippen LogP contribution in [0.3, 0.4) is 0 Å². The minimum atomic E-state index is -1.02. The van der Waals surface area contributed by atoms with Crippen molar-refractivity contribution in [3.05, 3.63) is 29.0 Å². The molecule has 1 aliphatic heterocycles. The summed E-state index contributed by atoms with van der Waals surface area (Å²) in [5, 5.41) is 9.14. The van der Waals surface area contributed by atoms with Gasteiger partial charge >= 0.3 is 5.97 Å². The smallest absolute Gasteiger partial charge is 0.326 e. The molecule has 0 aromatic heterocycles. The predicted octanol–water partition coefficient (Wildman–Crippen LogP) is 2.32. The van der Waals surface area contributed by atoms with E-state index in [9.17, 15) is 14.0 Å². The molecule has 5 nitrogen and oxygen atoms in total. The first-order valence-electron chi connectivity index (χ1n) is 6.55. The molecule has 21 heavy (non-hydrogen) atoms. The maximum atomic E-state index is 12.9. The first-order chi connectivity index (χ1) is 9.90. The molecule has 1 fully saturated rings. The van der Waals surface area contributed by atoms with E-state index in [4.69, 9.17) is 21.4 Å². The highest BCUT2D eigenvalue weighted by Gasteiger charge is 2.36. The van der Waals surface area contributed by atoms with Crippen molar-refractivity contribution in [3.63, 3.8) is 0 Å². The maximum absolute atomic E-state index is 12.9. The summed E-state index contributed by atoms with van der Waals surface area (Å²) in [6.45, 7) is 1.90. The van der Waals surface area contributed by atoms with E-state index in [1.165, 1.54) is 24.0 Å². The number of hydrogen-bond donors (Lipinski definition) is 1. The van der Waals surface area contributed by atoms with E-state index in [1.807, 2.05) is 0 Å². The highest BCUT2D eigenvalue weighted by atomic mass is 35.5. The Labute approximate surface area is 126 Å². The molecular weight excluding hydrogens is 301 g/mol. The zero-order chi connectivity index (χ0) is 15.6. The van der Waals surface area contributed by atoms with Crippen LogP contribution in [0.4, 0.5) is 4.39 Å². The van der Waals surface area contributed by atoms with Gasteiger partial charge in [-0.25, -0.2) is 9.18 Å². The van der Waals surface area contributed by atoms with Gasteiger partial charge in [0.2, 0.25) is 0 Å². The van der Waals surface area contributed by atoms with Crippen molar-refractivity contribution >= 4 is 23.5 Å². The molecule has 1 aliphatic rings. The van der Waals surface area contributed by atoms with Crippen LogP contribution in [0.5, 0.6) is 5.75 Å². The summed E-state index contributed by atoms with van der Waals surface area (Å²) in [6, 6.07) is 2.78. The fourth-order valence-electron chi connectivity index (χ4n) is 2.33. The number of nitrogens with zero attached hydrogens (tertiary/aromatic N) is 1. The molecule has 0 aliphatic carbocycles. The van der Waals surface area contributed by atoms with E-state index in [0.29, 0.717) is 19.4 Å². The van der Waals surface area contributed by atoms with Gasteiger partial charge in [0.05, 0.1) is 5.02 Å². The fraction of sp³-hybridized carbons (Fsp3) is 0.429. The number of benzene rings is 1. The lowest BCUT2D eigenvalue weighted by atomic mass is 10.2. The van der Waals surface area contributed by atoms with Gasteiger partial charge in [-0.05, 0) is 38.0 Å². The van der Waals surface area contributed by atoms with Crippen LogP contribution < -0.4 is 4.74 Å². The van der Waals surface area contributed by atoms with Crippen molar-refractivity contribution < 1.29 is 23.8 Å². The summed E-state index contributed by atoms with van der Waals surface area (Å²) in [7, 11) is 0. The zero-order valence-electron chi connectivity index (χ0n) is 11.4. The maximum Gasteiger partial charge on any atom is 0.326 e. The van der Waals surface area contributed by atoms with Gasteiger partial charge in [0.15, 0.2) is 6.10 Å². The molecule has 1 saturated heterocycles. The molecule has 0 saturated carbocycles. The average molecular weight is 316 g/mol. The first-order valence-corrected chi connectivity index (χ1v) is 6.93. The SMILES string of the molecule is CC(Oc1ccc(F)cc1Cl)C(=O)N1CCC[C@H]1C(=O)O. The lowest BCUT2D eigenvalue weighted by Gasteiger charge is -2.25. The molecule has 2 rings (SSSR count). The zero-order valence-corrected chi connectivity index (χ0v) is 12.1. The Morgan fingerprint density at radius 2 is 2.24 bits per heavy atom. The minimum absolute atomic E-state index is 0.0610. The number of carbonyl (C=O) groups excluding carboxylic acids is 1. The lowest BCUT2D eigenvalue weighted by Crippen LogP contribution is -2.46. The third kappa shape index (κ3) is 3.44. The third-order valence-electron chi connectivity index (χ3n) is 3.37. The average Bonchev–Trinajstić information content (AvgIpc) is 2.90. The molecule has 1 unspecified atom stereocenters. The van der Waals surface area contributed by atoms with Crippen molar-refractivity contribution in [2.45, 2.75) is 31.9 Å².